The van der Waals surface area contributed by atoms with Crippen LogP contribution in [0.2, 0.25) is 4.34 Å². The number of hydrogen-bond acceptors (Lipinski definition) is 5. The van der Waals surface area contributed by atoms with Crippen molar-refractivity contribution in [3.63, 3.8) is 0 Å². The number of imidazole rings is 1. The van der Waals surface area contributed by atoms with Crippen LogP contribution in [-0.4, -0.2) is 38.9 Å². The summed E-state index contributed by atoms with van der Waals surface area (Å²) in [6.07, 6.45) is 5.02. The first-order chi connectivity index (χ1) is 16.4. The average molecular weight is 496 g/mol. The number of rotatable bonds is 8. The molecule has 0 bridgehead atoms. The molecule has 3 heterocycles. The molecule has 3 N–H and O–H groups in total. The van der Waals surface area contributed by atoms with Gasteiger partial charge in [0.2, 0.25) is 0 Å². The number of thiophene rings is 1. The third-order valence-electron chi connectivity index (χ3n) is 5.38. The van der Waals surface area contributed by atoms with E-state index in [-0.39, 0.29) is 29.8 Å². The van der Waals surface area contributed by atoms with Crippen LogP contribution in [0.1, 0.15) is 38.7 Å². The molecule has 0 aliphatic carbocycles. The van der Waals surface area contributed by atoms with E-state index in [1.54, 1.807) is 67.1 Å². The fourth-order valence-corrected chi connectivity index (χ4v) is 4.41. The number of hydrogen-bond donors (Lipinski definition) is 3. The lowest BCUT2D eigenvalue weighted by Crippen LogP contribution is -2.46. The number of nitrogens with zero attached hydrogens (tertiary/aromatic N) is 2. The second-order valence-corrected chi connectivity index (χ2v) is 9.33. The largest absolute Gasteiger partial charge is 0.350 e. The lowest BCUT2D eigenvalue weighted by molar-refractivity contribution is 0.0905. The van der Waals surface area contributed by atoms with Crippen LogP contribution in [0.3, 0.4) is 0 Å². The topological polar surface area (TPSA) is 109 Å². The molecular weight excluding hydrogens is 474 g/mol. The molecule has 0 aliphatic heterocycles. The molecule has 4 aromatic rings. The fourth-order valence-electron chi connectivity index (χ4n) is 3.46. The number of carbonyl (C=O) groups excluding carboxylic acids is 2. The summed E-state index contributed by atoms with van der Waals surface area (Å²) in [5.74, 6) is -0.0623. The lowest BCUT2D eigenvalue weighted by Gasteiger charge is -2.24. The minimum absolute atomic E-state index is 0.155. The van der Waals surface area contributed by atoms with Crippen molar-refractivity contribution in [2.75, 3.05) is 6.54 Å². The number of H-pyrrole nitrogens is 1. The van der Waals surface area contributed by atoms with E-state index in [9.17, 15) is 14.4 Å². The Hall–Kier alpha value is -3.69. The van der Waals surface area contributed by atoms with Gasteiger partial charge in [0.25, 0.3) is 17.4 Å². The van der Waals surface area contributed by atoms with Gasteiger partial charge in [0, 0.05) is 48.4 Å². The number of pyridine rings is 1. The summed E-state index contributed by atoms with van der Waals surface area (Å²) in [5, 5.41) is 5.87. The SMILES string of the molecule is CC(c1ncc[nH]1)C(CNC(=O)c1ccc(-n2ccccc2=O)cc1)NC(=O)c1ccc(Cl)s1. The van der Waals surface area contributed by atoms with Gasteiger partial charge in [-0.15, -0.1) is 11.3 Å². The first-order valence-electron chi connectivity index (χ1n) is 10.5. The fraction of sp³-hybridized carbons (Fsp3) is 0.167. The number of nitrogens with one attached hydrogen (secondary N) is 3. The number of benzene rings is 1. The molecule has 0 aliphatic rings. The van der Waals surface area contributed by atoms with Crippen molar-refractivity contribution in [1.29, 1.82) is 0 Å². The van der Waals surface area contributed by atoms with E-state index in [1.807, 2.05) is 6.92 Å². The summed E-state index contributed by atoms with van der Waals surface area (Å²) in [6.45, 7) is 2.11. The second-order valence-electron chi connectivity index (χ2n) is 7.61. The number of aromatic nitrogens is 3. The van der Waals surface area contributed by atoms with Crippen molar-refractivity contribution in [3.05, 3.63) is 104 Å². The Morgan fingerprint density at radius 2 is 1.91 bits per heavy atom. The molecule has 2 amide bonds. The van der Waals surface area contributed by atoms with Gasteiger partial charge in [0.15, 0.2) is 0 Å². The Bertz CT molecular complexity index is 1330. The highest BCUT2D eigenvalue weighted by Crippen LogP contribution is 2.22. The van der Waals surface area contributed by atoms with Crippen molar-refractivity contribution >= 4 is 34.8 Å². The number of amides is 2. The summed E-state index contributed by atoms with van der Waals surface area (Å²) in [7, 11) is 0. The van der Waals surface area contributed by atoms with E-state index >= 15 is 0 Å². The van der Waals surface area contributed by atoms with Crippen molar-refractivity contribution < 1.29 is 9.59 Å². The minimum Gasteiger partial charge on any atom is -0.350 e. The quantitative estimate of drug-likeness (QED) is 0.347. The molecule has 0 fully saturated rings. The number of carbonyl (C=O) groups is 2. The van der Waals surface area contributed by atoms with E-state index in [4.69, 9.17) is 11.6 Å². The van der Waals surface area contributed by atoms with E-state index in [1.165, 1.54) is 22.0 Å². The zero-order valence-electron chi connectivity index (χ0n) is 18.2. The van der Waals surface area contributed by atoms with Crippen LogP contribution in [-0.2, 0) is 0 Å². The zero-order chi connectivity index (χ0) is 24.1. The van der Waals surface area contributed by atoms with Gasteiger partial charge >= 0.3 is 0 Å². The molecular formula is C24H22ClN5O3S. The Morgan fingerprint density at radius 3 is 2.56 bits per heavy atom. The van der Waals surface area contributed by atoms with Gasteiger partial charge in [-0.05, 0) is 42.5 Å². The van der Waals surface area contributed by atoms with Crippen LogP contribution in [0.15, 0.2) is 78.0 Å². The van der Waals surface area contributed by atoms with Crippen molar-refractivity contribution in [1.82, 2.24) is 25.2 Å². The smallest absolute Gasteiger partial charge is 0.261 e. The maximum atomic E-state index is 12.8. The van der Waals surface area contributed by atoms with Gasteiger partial charge in [0.05, 0.1) is 15.3 Å². The molecule has 174 valence electrons. The summed E-state index contributed by atoms with van der Waals surface area (Å²) in [4.78, 5) is 45.4. The van der Waals surface area contributed by atoms with E-state index in [0.717, 1.165) is 0 Å². The molecule has 0 spiro atoms. The Balaban J connectivity index is 1.45. The van der Waals surface area contributed by atoms with Gasteiger partial charge in [-0.3, -0.25) is 19.0 Å². The molecule has 10 heteroatoms. The van der Waals surface area contributed by atoms with Gasteiger partial charge in [0.1, 0.15) is 5.82 Å². The molecule has 8 nitrogen and oxygen atoms in total. The van der Waals surface area contributed by atoms with Gasteiger partial charge < -0.3 is 15.6 Å². The molecule has 0 radical (unpaired) electrons. The number of halogens is 1. The maximum absolute atomic E-state index is 12.8. The first kappa shape index (κ1) is 23.5. The van der Waals surface area contributed by atoms with E-state index in [2.05, 4.69) is 20.6 Å². The molecule has 2 atom stereocenters. The summed E-state index contributed by atoms with van der Waals surface area (Å²) < 4.78 is 2.02. The predicted octanol–water partition coefficient (Wildman–Crippen LogP) is 3.61. The molecule has 0 saturated carbocycles. The third kappa shape index (κ3) is 5.44. The van der Waals surface area contributed by atoms with E-state index < -0.39 is 6.04 Å². The summed E-state index contributed by atoms with van der Waals surface area (Å²) in [5.41, 5.74) is 0.944. The normalized spacial score (nSPS) is 12.6. The van der Waals surface area contributed by atoms with Crippen molar-refractivity contribution in [2.45, 2.75) is 18.9 Å². The Labute approximate surface area is 204 Å². The van der Waals surface area contributed by atoms with Crippen LogP contribution < -0.4 is 16.2 Å². The Morgan fingerprint density at radius 1 is 1.12 bits per heavy atom. The molecule has 2 unspecified atom stereocenters. The highest BCUT2D eigenvalue weighted by atomic mass is 35.5. The van der Waals surface area contributed by atoms with Crippen LogP contribution in [0, 0.1) is 0 Å². The average Bonchev–Trinajstić information content (AvgIpc) is 3.54. The maximum Gasteiger partial charge on any atom is 0.261 e. The third-order valence-corrected chi connectivity index (χ3v) is 6.61. The van der Waals surface area contributed by atoms with Crippen LogP contribution >= 0.6 is 22.9 Å². The van der Waals surface area contributed by atoms with Gasteiger partial charge in [-0.25, -0.2) is 4.98 Å². The van der Waals surface area contributed by atoms with Crippen molar-refractivity contribution in [3.8, 4) is 5.69 Å². The highest BCUT2D eigenvalue weighted by Gasteiger charge is 2.25. The Kier molecular flexibility index (Phi) is 7.24. The summed E-state index contributed by atoms with van der Waals surface area (Å²) in [6, 6.07) is 14.5. The minimum atomic E-state index is -0.425. The number of aromatic amines is 1. The molecule has 0 saturated heterocycles. The lowest BCUT2D eigenvalue weighted by atomic mass is 10.0. The van der Waals surface area contributed by atoms with Gasteiger partial charge in [-0.2, -0.15) is 0 Å². The van der Waals surface area contributed by atoms with Gasteiger partial charge in [-0.1, -0.05) is 24.6 Å². The second kappa shape index (κ2) is 10.5. The molecule has 34 heavy (non-hydrogen) atoms. The predicted molar refractivity (Wildman–Crippen MR) is 132 cm³/mol. The van der Waals surface area contributed by atoms with Crippen LogP contribution in [0.25, 0.3) is 5.69 Å². The van der Waals surface area contributed by atoms with Crippen LogP contribution in [0.4, 0.5) is 0 Å². The highest BCUT2D eigenvalue weighted by molar-refractivity contribution is 7.18. The monoisotopic (exact) mass is 495 g/mol. The standard InChI is InChI=1S/C24H22ClN5O3S/c1-15(22-26-11-12-27-22)18(29-24(33)19-9-10-20(25)34-19)14-28-23(32)16-5-7-17(8-6-16)30-13-3-2-4-21(30)31/h2-13,15,18H,14H2,1H3,(H,26,27)(H,28,32)(H,29,33). The molecule has 4 rings (SSSR count). The summed E-state index contributed by atoms with van der Waals surface area (Å²) >= 11 is 7.15. The van der Waals surface area contributed by atoms with E-state index in [0.29, 0.717) is 26.3 Å². The zero-order valence-corrected chi connectivity index (χ0v) is 19.8. The molecule has 1 aromatic carbocycles. The van der Waals surface area contributed by atoms with Crippen molar-refractivity contribution in [2.24, 2.45) is 0 Å². The molecule has 3 aromatic heterocycles. The first-order valence-corrected chi connectivity index (χ1v) is 11.7. The van der Waals surface area contributed by atoms with Crippen LogP contribution in [0.5, 0.6) is 0 Å².